The maximum absolute atomic E-state index is 12.4. The number of hydrogen-bond donors (Lipinski definition) is 3. The van der Waals surface area contributed by atoms with E-state index in [-0.39, 0.29) is 24.3 Å². The van der Waals surface area contributed by atoms with Crippen LogP contribution in [0.5, 0.6) is 0 Å². The SMILES string of the molecule is C#CCCC(=O)Nc1cccc(C(=O)N[C@@H](Cc2ccccc2)C(=O)O)c1. The first-order valence-electron chi connectivity index (χ1n) is 8.40. The van der Waals surface area contributed by atoms with Crippen molar-refractivity contribution in [2.45, 2.75) is 25.3 Å². The molecule has 2 rings (SSSR count). The van der Waals surface area contributed by atoms with Crippen molar-refractivity contribution in [3.63, 3.8) is 0 Å². The maximum Gasteiger partial charge on any atom is 0.326 e. The molecule has 3 N–H and O–H groups in total. The number of nitrogens with one attached hydrogen (secondary N) is 2. The molecule has 6 heteroatoms. The highest BCUT2D eigenvalue weighted by Gasteiger charge is 2.21. The first-order chi connectivity index (χ1) is 13.0. The van der Waals surface area contributed by atoms with Crippen LogP contribution in [0, 0.1) is 12.3 Å². The summed E-state index contributed by atoms with van der Waals surface area (Å²) in [6, 6.07) is 14.3. The lowest BCUT2D eigenvalue weighted by Gasteiger charge is -2.15. The summed E-state index contributed by atoms with van der Waals surface area (Å²) in [7, 11) is 0. The summed E-state index contributed by atoms with van der Waals surface area (Å²) in [5, 5.41) is 14.6. The molecule has 0 aliphatic heterocycles. The molecule has 0 heterocycles. The average Bonchev–Trinajstić information content (AvgIpc) is 2.66. The van der Waals surface area contributed by atoms with Gasteiger partial charge in [-0.3, -0.25) is 9.59 Å². The third kappa shape index (κ3) is 6.33. The second-order valence-electron chi connectivity index (χ2n) is 5.89. The fourth-order valence-corrected chi connectivity index (χ4v) is 2.44. The molecule has 0 spiro atoms. The Morgan fingerprint density at radius 3 is 2.48 bits per heavy atom. The molecule has 2 aromatic carbocycles. The number of carboxylic acid groups (broad SMARTS) is 1. The van der Waals surface area contributed by atoms with E-state index in [2.05, 4.69) is 16.6 Å². The number of anilines is 1. The van der Waals surface area contributed by atoms with Crippen LogP contribution in [0.15, 0.2) is 54.6 Å². The number of benzene rings is 2. The first-order valence-corrected chi connectivity index (χ1v) is 8.40. The molecule has 0 saturated heterocycles. The van der Waals surface area contributed by atoms with Crippen LogP contribution in [0.4, 0.5) is 5.69 Å². The van der Waals surface area contributed by atoms with Gasteiger partial charge in [-0.05, 0) is 23.8 Å². The van der Waals surface area contributed by atoms with Gasteiger partial charge >= 0.3 is 5.97 Å². The Labute approximate surface area is 157 Å². The van der Waals surface area contributed by atoms with Gasteiger partial charge in [0.15, 0.2) is 0 Å². The van der Waals surface area contributed by atoms with Gasteiger partial charge < -0.3 is 15.7 Å². The highest BCUT2D eigenvalue weighted by Crippen LogP contribution is 2.12. The Balaban J connectivity index is 2.05. The molecule has 1 atom stereocenters. The average molecular weight is 364 g/mol. The Morgan fingerprint density at radius 1 is 1.07 bits per heavy atom. The molecule has 0 aliphatic carbocycles. The summed E-state index contributed by atoms with van der Waals surface area (Å²) >= 11 is 0. The van der Waals surface area contributed by atoms with E-state index in [1.54, 1.807) is 30.3 Å². The molecule has 2 aromatic rings. The Hall–Kier alpha value is -3.59. The fraction of sp³-hybridized carbons (Fsp3) is 0.190. The van der Waals surface area contributed by atoms with Crippen LogP contribution >= 0.6 is 0 Å². The predicted octanol–water partition coefficient (Wildman–Crippen LogP) is 2.46. The number of rotatable bonds is 8. The second-order valence-corrected chi connectivity index (χ2v) is 5.89. The molecule has 0 aliphatic rings. The molecule has 0 aromatic heterocycles. The number of carbonyl (C=O) groups is 3. The number of hydrogen-bond acceptors (Lipinski definition) is 3. The van der Waals surface area contributed by atoms with Crippen LogP contribution in [-0.4, -0.2) is 28.9 Å². The molecule has 27 heavy (non-hydrogen) atoms. The monoisotopic (exact) mass is 364 g/mol. The summed E-state index contributed by atoms with van der Waals surface area (Å²) in [5.41, 5.74) is 1.50. The minimum atomic E-state index is -1.12. The lowest BCUT2D eigenvalue weighted by atomic mass is 10.1. The number of amides is 2. The van der Waals surface area contributed by atoms with Gasteiger partial charge in [-0.25, -0.2) is 4.79 Å². The van der Waals surface area contributed by atoms with Crippen molar-refractivity contribution in [1.29, 1.82) is 0 Å². The Morgan fingerprint density at radius 2 is 1.81 bits per heavy atom. The van der Waals surface area contributed by atoms with E-state index in [4.69, 9.17) is 6.42 Å². The van der Waals surface area contributed by atoms with Crippen molar-refractivity contribution in [1.82, 2.24) is 5.32 Å². The number of carbonyl (C=O) groups excluding carboxylic acids is 2. The molecule has 0 unspecified atom stereocenters. The molecule has 138 valence electrons. The van der Waals surface area contributed by atoms with Gasteiger partial charge in [-0.15, -0.1) is 12.3 Å². The van der Waals surface area contributed by atoms with Crippen molar-refractivity contribution >= 4 is 23.5 Å². The zero-order chi connectivity index (χ0) is 19.6. The van der Waals surface area contributed by atoms with Crippen molar-refractivity contribution < 1.29 is 19.5 Å². The van der Waals surface area contributed by atoms with Gasteiger partial charge in [0.1, 0.15) is 6.04 Å². The molecule has 0 saturated carbocycles. The zero-order valence-corrected chi connectivity index (χ0v) is 14.6. The highest BCUT2D eigenvalue weighted by molar-refractivity contribution is 5.98. The quantitative estimate of drug-likeness (QED) is 0.627. The Kier molecular flexibility index (Phi) is 7.15. The summed E-state index contributed by atoms with van der Waals surface area (Å²) in [6.07, 6.45) is 5.81. The molecule has 0 bridgehead atoms. The minimum absolute atomic E-state index is 0.171. The van der Waals surface area contributed by atoms with Crippen LogP contribution < -0.4 is 10.6 Å². The van der Waals surface area contributed by atoms with Gasteiger partial charge in [0.05, 0.1) is 0 Å². The van der Waals surface area contributed by atoms with E-state index >= 15 is 0 Å². The Bertz CT molecular complexity index is 856. The number of aliphatic carboxylic acids is 1. The second kappa shape index (κ2) is 9.78. The fourth-order valence-electron chi connectivity index (χ4n) is 2.44. The van der Waals surface area contributed by atoms with Gasteiger partial charge in [-0.1, -0.05) is 36.4 Å². The van der Waals surface area contributed by atoms with Gasteiger partial charge in [-0.2, -0.15) is 0 Å². The summed E-state index contributed by atoms with van der Waals surface area (Å²) in [5.74, 6) is 0.485. The van der Waals surface area contributed by atoms with E-state index in [0.717, 1.165) is 5.56 Å². The minimum Gasteiger partial charge on any atom is -0.480 e. The lowest BCUT2D eigenvalue weighted by molar-refractivity contribution is -0.139. The maximum atomic E-state index is 12.4. The molecule has 2 amide bonds. The van der Waals surface area contributed by atoms with E-state index in [0.29, 0.717) is 12.1 Å². The molecule has 6 nitrogen and oxygen atoms in total. The van der Waals surface area contributed by atoms with E-state index in [1.807, 2.05) is 18.2 Å². The molecular formula is C21H20N2O4. The normalized spacial score (nSPS) is 11.1. The van der Waals surface area contributed by atoms with Gasteiger partial charge in [0.25, 0.3) is 5.91 Å². The number of carboxylic acids is 1. The first kappa shape index (κ1) is 19.7. The van der Waals surface area contributed by atoms with Crippen molar-refractivity contribution in [3.8, 4) is 12.3 Å². The van der Waals surface area contributed by atoms with Gasteiger partial charge in [0, 0.05) is 30.5 Å². The molecular weight excluding hydrogens is 344 g/mol. The highest BCUT2D eigenvalue weighted by atomic mass is 16.4. The predicted molar refractivity (Wildman–Crippen MR) is 102 cm³/mol. The van der Waals surface area contributed by atoms with Crippen LogP contribution in [0.2, 0.25) is 0 Å². The molecule has 0 fully saturated rings. The number of terminal acetylenes is 1. The topological polar surface area (TPSA) is 95.5 Å². The van der Waals surface area contributed by atoms with Crippen molar-refractivity contribution in [3.05, 3.63) is 65.7 Å². The van der Waals surface area contributed by atoms with Gasteiger partial charge in [0.2, 0.25) is 5.91 Å². The third-order valence-electron chi connectivity index (χ3n) is 3.79. The van der Waals surface area contributed by atoms with E-state index in [9.17, 15) is 19.5 Å². The summed E-state index contributed by atoms with van der Waals surface area (Å²) in [6.45, 7) is 0. The summed E-state index contributed by atoms with van der Waals surface area (Å²) in [4.78, 5) is 35.7. The third-order valence-corrected chi connectivity index (χ3v) is 3.79. The van der Waals surface area contributed by atoms with Crippen molar-refractivity contribution in [2.24, 2.45) is 0 Å². The van der Waals surface area contributed by atoms with Crippen LogP contribution in [0.25, 0.3) is 0 Å². The van der Waals surface area contributed by atoms with E-state index in [1.165, 1.54) is 6.07 Å². The van der Waals surface area contributed by atoms with Crippen molar-refractivity contribution in [2.75, 3.05) is 5.32 Å². The lowest BCUT2D eigenvalue weighted by Crippen LogP contribution is -2.42. The van der Waals surface area contributed by atoms with Crippen LogP contribution in [0.1, 0.15) is 28.8 Å². The standard InChI is InChI=1S/C21H20N2O4/c1-2-3-12-19(24)22-17-11-7-10-16(14-17)20(25)23-18(21(26)27)13-15-8-5-4-6-9-15/h1,4-11,14,18H,3,12-13H2,(H,22,24)(H,23,25)(H,26,27)/t18-/m0/s1. The smallest absolute Gasteiger partial charge is 0.326 e. The van der Waals surface area contributed by atoms with Crippen LogP contribution in [-0.2, 0) is 16.0 Å². The molecule has 0 radical (unpaired) electrons. The summed E-state index contributed by atoms with van der Waals surface area (Å²) < 4.78 is 0. The van der Waals surface area contributed by atoms with E-state index < -0.39 is 17.9 Å². The zero-order valence-electron chi connectivity index (χ0n) is 14.6. The largest absolute Gasteiger partial charge is 0.480 e. The van der Waals surface area contributed by atoms with Crippen LogP contribution in [0.3, 0.4) is 0 Å².